The summed E-state index contributed by atoms with van der Waals surface area (Å²) in [6, 6.07) is 11.5. The normalized spacial score (nSPS) is 17.8. The van der Waals surface area contributed by atoms with E-state index in [0.717, 1.165) is 5.56 Å². The van der Waals surface area contributed by atoms with Gasteiger partial charge in [0.05, 0.1) is 25.3 Å². The second-order valence-corrected chi connectivity index (χ2v) is 9.30. The fraction of sp³-hybridized carbons (Fsp3) is 0.407. The number of nitrogens with zero attached hydrogens (tertiary/aromatic N) is 1. The van der Waals surface area contributed by atoms with Gasteiger partial charge in [-0.2, -0.15) is 0 Å². The molecule has 34 heavy (non-hydrogen) atoms. The number of likely N-dealkylation sites (tertiary alicyclic amines) is 1. The van der Waals surface area contributed by atoms with Crippen LogP contribution in [-0.2, 0) is 15.0 Å². The van der Waals surface area contributed by atoms with Gasteiger partial charge >= 0.3 is 0 Å². The molecule has 1 aliphatic rings. The van der Waals surface area contributed by atoms with Crippen LogP contribution in [0, 0.1) is 0 Å². The average Bonchev–Trinajstić information content (AvgIpc) is 3.06. The van der Waals surface area contributed by atoms with Gasteiger partial charge in [0.25, 0.3) is 11.7 Å². The molecule has 2 N–H and O–H groups in total. The van der Waals surface area contributed by atoms with Crippen LogP contribution in [0.4, 0.5) is 0 Å². The zero-order valence-electron chi connectivity index (χ0n) is 20.4. The number of hydrogen-bond acceptors (Lipinski definition) is 6. The topological polar surface area (TPSA) is 96.3 Å². The number of ketones is 1. The van der Waals surface area contributed by atoms with Crippen LogP contribution in [0.2, 0.25) is 0 Å². The van der Waals surface area contributed by atoms with Crippen molar-refractivity contribution in [2.45, 2.75) is 45.6 Å². The molecule has 1 unspecified atom stereocenters. The van der Waals surface area contributed by atoms with Crippen LogP contribution in [0.25, 0.3) is 5.76 Å². The summed E-state index contributed by atoms with van der Waals surface area (Å²) in [5.74, 6) is -0.393. The minimum atomic E-state index is -0.752. The summed E-state index contributed by atoms with van der Waals surface area (Å²) >= 11 is 0. The molecule has 3 rings (SSSR count). The molecular weight excluding hydrogens is 434 g/mol. The smallest absolute Gasteiger partial charge is 0.295 e. The lowest BCUT2D eigenvalue weighted by atomic mass is 9.84. The van der Waals surface area contributed by atoms with Crippen molar-refractivity contribution in [1.29, 1.82) is 0 Å². The second-order valence-electron chi connectivity index (χ2n) is 9.30. The number of carbonyl (C=O) groups excluding carboxylic acids is 2. The Morgan fingerprint density at radius 2 is 1.85 bits per heavy atom. The van der Waals surface area contributed by atoms with Crippen LogP contribution < -0.4 is 9.47 Å². The number of hydrogen-bond donors (Lipinski definition) is 2. The Balaban J connectivity index is 2.19. The van der Waals surface area contributed by atoms with Crippen molar-refractivity contribution in [3.63, 3.8) is 0 Å². The second kappa shape index (κ2) is 10.3. The Bertz CT molecular complexity index is 1100. The lowest BCUT2D eigenvalue weighted by Crippen LogP contribution is -2.30. The van der Waals surface area contributed by atoms with Crippen LogP contribution in [-0.4, -0.2) is 53.7 Å². The molecule has 182 valence electrons. The maximum absolute atomic E-state index is 13.2. The minimum Gasteiger partial charge on any atom is -0.507 e. The molecular formula is C27H33NO6. The molecule has 1 amide bonds. The Hall–Kier alpha value is -3.32. The summed E-state index contributed by atoms with van der Waals surface area (Å²) in [6.07, 6.45) is 0.654. The number of benzene rings is 2. The first kappa shape index (κ1) is 25.3. The van der Waals surface area contributed by atoms with Gasteiger partial charge in [-0.1, -0.05) is 39.8 Å². The van der Waals surface area contributed by atoms with Gasteiger partial charge in [0.2, 0.25) is 0 Å². The summed E-state index contributed by atoms with van der Waals surface area (Å²) in [6.45, 7) is 8.39. The largest absolute Gasteiger partial charge is 0.507 e. The molecule has 0 saturated carbocycles. The average molecular weight is 468 g/mol. The van der Waals surface area contributed by atoms with Gasteiger partial charge in [0.1, 0.15) is 23.9 Å². The monoisotopic (exact) mass is 467 g/mol. The van der Waals surface area contributed by atoms with Crippen LogP contribution in [0.15, 0.2) is 48.0 Å². The molecule has 2 aromatic rings. The van der Waals surface area contributed by atoms with Crippen molar-refractivity contribution in [2.75, 3.05) is 26.9 Å². The van der Waals surface area contributed by atoms with Gasteiger partial charge in [-0.05, 0) is 47.7 Å². The predicted octanol–water partition coefficient (Wildman–Crippen LogP) is 4.20. The van der Waals surface area contributed by atoms with Gasteiger partial charge in [-0.25, -0.2) is 0 Å². The third-order valence-electron chi connectivity index (χ3n) is 5.82. The third kappa shape index (κ3) is 4.94. The van der Waals surface area contributed by atoms with E-state index in [1.54, 1.807) is 49.6 Å². The predicted molar refractivity (Wildman–Crippen MR) is 130 cm³/mol. The first-order valence-corrected chi connectivity index (χ1v) is 11.4. The quantitative estimate of drug-likeness (QED) is 0.343. The van der Waals surface area contributed by atoms with E-state index in [1.165, 1.54) is 4.90 Å². The number of methoxy groups -OCH3 is 1. The standard InChI is InChI=1S/C27H33NO6/c1-6-12-28-23(17-8-7-9-19(15-17)34-14-13-29)22(25(31)26(28)32)24(30)18-10-11-21(33-5)20(16-18)27(2,3)4/h7-11,15-16,23,29-30H,6,12-14H2,1-5H3/b24-22+. The molecule has 1 aliphatic heterocycles. The number of aliphatic hydroxyl groups excluding tert-OH is 2. The molecule has 2 aromatic carbocycles. The van der Waals surface area contributed by atoms with Gasteiger partial charge < -0.3 is 24.6 Å². The van der Waals surface area contributed by atoms with E-state index in [-0.39, 0.29) is 30.0 Å². The van der Waals surface area contributed by atoms with Crippen LogP contribution in [0.3, 0.4) is 0 Å². The summed E-state index contributed by atoms with van der Waals surface area (Å²) in [4.78, 5) is 27.6. The van der Waals surface area contributed by atoms with Crippen molar-refractivity contribution in [1.82, 2.24) is 4.90 Å². The van der Waals surface area contributed by atoms with Crippen molar-refractivity contribution in [3.8, 4) is 11.5 Å². The SMILES string of the molecule is CCCN1C(=O)C(=O)/C(=C(/O)c2ccc(OC)c(C(C)(C)C)c2)C1c1cccc(OCCO)c1. The highest BCUT2D eigenvalue weighted by molar-refractivity contribution is 6.46. The van der Waals surface area contributed by atoms with Crippen molar-refractivity contribution < 1.29 is 29.3 Å². The van der Waals surface area contributed by atoms with Gasteiger partial charge in [-0.3, -0.25) is 9.59 Å². The van der Waals surface area contributed by atoms with E-state index < -0.39 is 17.7 Å². The van der Waals surface area contributed by atoms with Crippen molar-refractivity contribution in [3.05, 3.63) is 64.7 Å². The third-order valence-corrected chi connectivity index (χ3v) is 5.82. The van der Waals surface area contributed by atoms with Crippen LogP contribution in [0.1, 0.15) is 56.8 Å². The Morgan fingerprint density at radius 3 is 2.47 bits per heavy atom. The molecule has 7 nitrogen and oxygen atoms in total. The van der Waals surface area contributed by atoms with E-state index in [0.29, 0.717) is 35.6 Å². The number of Topliss-reactive ketones (excluding diaryl/α,β-unsaturated/α-hetero) is 1. The molecule has 0 radical (unpaired) electrons. The molecule has 0 aliphatic carbocycles. The van der Waals surface area contributed by atoms with Crippen molar-refractivity contribution >= 4 is 17.4 Å². The summed E-state index contributed by atoms with van der Waals surface area (Å²) in [7, 11) is 1.59. The minimum absolute atomic E-state index is 0.0442. The first-order valence-electron chi connectivity index (χ1n) is 11.4. The lowest BCUT2D eigenvalue weighted by molar-refractivity contribution is -0.139. The highest BCUT2D eigenvalue weighted by atomic mass is 16.5. The Kier molecular flexibility index (Phi) is 7.67. The van der Waals surface area contributed by atoms with Crippen LogP contribution >= 0.6 is 0 Å². The number of ether oxygens (including phenoxy) is 2. The number of carbonyl (C=O) groups is 2. The molecule has 0 bridgehead atoms. The fourth-order valence-electron chi connectivity index (χ4n) is 4.23. The molecule has 7 heteroatoms. The Labute approximate surface area is 200 Å². The Morgan fingerprint density at radius 1 is 1.12 bits per heavy atom. The van der Waals surface area contributed by atoms with Gasteiger partial charge in [-0.15, -0.1) is 0 Å². The van der Waals surface area contributed by atoms with Gasteiger partial charge in [0.15, 0.2) is 0 Å². The van der Waals surface area contributed by atoms with Gasteiger partial charge in [0, 0.05) is 17.7 Å². The molecule has 1 fully saturated rings. The summed E-state index contributed by atoms with van der Waals surface area (Å²) in [5, 5.41) is 20.4. The fourth-order valence-corrected chi connectivity index (χ4v) is 4.23. The highest BCUT2D eigenvalue weighted by Crippen LogP contribution is 2.41. The molecule has 1 heterocycles. The highest BCUT2D eigenvalue weighted by Gasteiger charge is 2.45. The summed E-state index contributed by atoms with van der Waals surface area (Å²) < 4.78 is 11.0. The molecule has 1 saturated heterocycles. The molecule has 1 atom stereocenters. The first-order chi connectivity index (χ1) is 16.1. The lowest BCUT2D eigenvalue weighted by Gasteiger charge is -2.26. The zero-order valence-corrected chi connectivity index (χ0v) is 20.4. The maximum Gasteiger partial charge on any atom is 0.295 e. The van der Waals surface area contributed by atoms with E-state index >= 15 is 0 Å². The van der Waals surface area contributed by atoms with E-state index in [2.05, 4.69) is 0 Å². The number of rotatable bonds is 8. The van der Waals surface area contributed by atoms with E-state index in [9.17, 15) is 14.7 Å². The molecule has 0 aromatic heterocycles. The van der Waals surface area contributed by atoms with Crippen molar-refractivity contribution in [2.24, 2.45) is 0 Å². The number of amides is 1. The zero-order chi connectivity index (χ0) is 25.0. The molecule has 0 spiro atoms. The van der Waals surface area contributed by atoms with E-state index in [1.807, 2.05) is 27.7 Å². The summed E-state index contributed by atoms with van der Waals surface area (Å²) in [5.41, 5.74) is 1.74. The van der Waals surface area contributed by atoms with Crippen LogP contribution in [0.5, 0.6) is 11.5 Å². The maximum atomic E-state index is 13.2. The van der Waals surface area contributed by atoms with E-state index in [4.69, 9.17) is 14.6 Å². The number of aliphatic hydroxyl groups is 2.